The zero-order chi connectivity index (χ0) is 20.6. The van der Waals surface area contributed by atoms with Crippen LogP contribution in [-0.4, -0.2) is 48.5 Å². The highest BCUT2D eigenvalue weighted by molar-refractivity contribution is 5.77. The van der Waals surface area contributed by atoms with E-state index in [0.717, 1.165) is 44.2 Å². The Morgan fingerprint density at radius 3 is 1.93 bits per heavy atom. The van der Waals surface area contributed by atoms with Crippen molar-refractivity contribution in [1.29, 1.82) is 0 Å². The van der Waals surface area contributed by atoms with Gasteiger partial charge < -0.3 is 14.4 Å². The quantitative estimate of drug-likeness (QED) is 0.594. The lowest BCUT2D eigenvalue weighted by Gasteiger charge is -2.34. The van der Waals surface area contributed by atoms with Crippen LogP contribution < -0.4 is 9.47 Å². The highest BCUT2D eigenvalue weighted by atomic mass is 16.5. The van der Waals surface area contributed by atoms with E-state index >= 15 is 0 Å². The molecule has 1 amide bonds. The normalized spacial score (nSPS) is 14.3. The van der Waals surface area contributed by atoms with E-state index in [9.17, 15) is 4.79 Å². The van der Waals surface area contributed by atoms with E-state index in [0.29, 0.717) is 5.75 Å². The van der Waals surface area contributed by atoms with E-state index in [2.05, 4.69) is 29.2 Å². The predicted molar refractivity (Wildman–Crippen MR) is 117 cm³/mol. The van der Waals surface area contributed by atoms with Crippen molar-refractivity contribution in [2.45, 2.75) is 6.54 Å². The number of amides is 1. The Hall–Kier alpha value is -3.31. The third-order valence-corrected chi connectivity index (χ3v) is 5.14. The summed E-state index contributed by atoms with van der Waals surface area (Å²) in [5.41, 5.74) is 1.31. The molecule has 1 saturated heterocycles. The predicted octanol–water partition coefficient (Wildman–Crippen LogP) is 4.20. The largest absolute Gasteiger partial charge is 0.484 e. The molecule has 0 aromatic heterocycles. The number of benzene rings is 3. The summed E-state index contributed by atoms with van der Waals surface area (Å²) in [7, 11) is 0. The van der Waals surface area contributed by atoms with Gasteiger partial charge in [-0.15, -0.1) is 0 Å². The van der Waals surface area contributed by atoms with Gasteiger partial charge in [-0.25, -0.2) is 0 Å². The monoisotopic (exact) mass is 402 g/mol. The highest BCUT2D eigenvalue weighted by Crippen LogP contribution is 2.23. The number of carbonyl (C=O) groups excluding carboxylic acids is 1. The number of hydrogen-bond donors (Lipinski definition) is 0. The molecule has 3 aromatic rings. The summed E-state index contributed by atoms with van der Waals surface area (Å²) < 4.78 is 11.5. The first-order chi connectivity index (χ1) is 14.8. The Kier molecular flexibility index (Phi) is 6.62. The van der Waals surface area contributed by atoms with Gasteiger partial charge in [0.25, 0.3) is 5.91 Å². The van der Waals surface area contributed by atoms with Crippen LogP contribution in [0.15, 0.2) is 84.9 Å². The lowest BCUT2D eigenvalue weighted by Crippen LogP contribution is -2.49. The van der Waals surface area contributed by atoms with Gasteiger partial charge in [0, 0.05) is 32.7 Å². The van der Waals surface area contributed by atoms with Crippen molar-refractivity contribution in [2.75, 3.05) is 32.8 Å². The topological polar surface area (TPSA) is 42.0 Å². The van der Waals surface area contributed by atoms with Crippen LogP contribution >= 0.6 is 0 Å². The van der Waals surface area contributed by atoms with E-state index < -0.39 is 0 Å². The second-order valence-electron chi connectivity index (χ2n) is 7.32. The molecule has 5 nitrogen and oxygen atoms in total. The molecule has 0 aliphatic carbocycles. The first kappa shape index (κ1) is 20.0. The molecule has 1 heterocycles. The van der Waals surface area contributed by atoms with Crippen LogP contribution in [0.1, 0.15) is 5.56 Å². The summed E-state index contributed by atoms with van der Waals surface area (Å²) in [4.78, 5) is 16.8. The number of carbonyl (C=O) groups is 1. The summed E-state index contributed by atoms with van der Waals surface area (Å²) >= 11 is 0. The molecule has 0 N–H and O–H groups in total. The third kappa shape index (κ3) is 5.61. The molecule has 154 valence electrons. The molecule has 3 aromatic carbocycles. The van der Waals surface area contributed by atoms with Gasteiger partial charge in [-0.2, -0.15) is 0 Å². The van der Waals surface area contributed by atoms with Crippen LogP contribution in [0, 0.1) is 0 Å². The van der Waals surface area contributed by atoms with Crippen LogP contribution in [-0.2, 0) is 11.3 Å². The number of rotatable bonds is 7. The zero-order valence-corrected chi connectivity index (χ0v) is 16.9. The van der Waals surface area contributed by atoms with Gasteiger partial charge in [0.1, 0.15) is 17.2 Å². The molecule has 0 radical (unpaired) electrons. The highest BCUT2D eigenvalue weighted by Gasteiger charge is 2.21. The average Bonchev–Trinajstić information content (AvgIpc) is 2.80. The van der Waals surface area contributed by atoms with Crippen LogP contribution in [0.3, 0.4) is 0 Å². The third-order valence-electron chi connectivity index (χ3n) is 5.14. The maximum atomic E-state index is 12.5. The minimum Gasteiger partial charge on any atom is -0.484 e. The zero-order valence-electron chi connectivity index (χ0n) is 16.9. The minimum absolute atomic E-state index is 0.0268. The van der Waals surface area contributed by atoms with Crippen molar-refractivity contribution in [3.63, 3.8) is 0 Å². The Morgan fingerprint density at radius 1 is 0.700 bits per heavy atom. The second-order valence-corrected chi connectivity index (χ2v) is 7.32. The fourth-order valence-electron chi connectivity index (χ4n) is 3.46. The van der Waals surface area contributed by atoms with Crippen molar-refractivity contribution >= 4 is 5.91 Å². The Morgan fingerprint density at radius 2 is 1.27 bits per heavy atom. The van der Waals surface area contributed by atoms with Gasteiger partial charge in [0.05, 0.1) is 0 Å². The summed E-state index contributed by atoms with van der Waals surface area (Å²) in [6.45, 7) is 4.21. The standard InChI is InChI=1S/C25H26N2O3/c28-25(27-17-15-26(16-18-27)19-21-7-3-1-4-8-21)20-29-22-11-13-24(14-12-22)30-23-9-5-2-6-10-23/h1-14H,15-20H2. The molecule has 1 aliphatic rings. The Labute approximate surface area is 177 Å². The van der Waals surface area contributed by atoms with Gasteiger partial charge in [-0.05, 0) is 42.0 Å². The molecule has 0 unspecified atom stereocenters. The molecule has 0 saturated carbocycles. The van der Waals surface area contributed by atoms with Crippen molar-refractivity contribution in [3.05, 3.63) is 90.5 Å². The van der Waals surface area contributed by atoms with E-state index in [4.69, 9.17) is 9.47 Å². The van der Waals surface area contributed by atoms with Gasteiger partial charge in [0.2, 0.25) is 0 Å². The van der Waals surface area contributed by atoms with Crippen LogP contribution in [0.25, 0.3) is 0 Å². The number of piperazine rings is 1. The molecule has 4 rings (SSSR count). The van der Waals surface area contributed by atoms with Gasteiger partial charge in [-0.3, -0.25) is 9.69 Å². The molecule has 1 aliphatic heterocycles. The van der Waals surface area contributed by atoms with Crippen LogP contribution in [0.5, 0.6) is 17.2 Å². The SMILES string of the molecule is O=C(COc1ccc(Oc2ccccc2)cc1)N1CCN(Cc2ccccc2)CC1. The molecule has 5 heteroatoms. The van der Waals surface area contributed by atoms with E-state index in [1.807, 2.05) is 65.6 Å². The molecule has 30 heavy (non-hydrogen) atoms. The first-order valence-corrected chi connectivity index (χ1v) is 10.3. The second kappa shape index (κ2) is 9.94. The molecular weight excluding hydrogens is 376 g/mol. The van der Waals surface area contributed by atoms with Gasteiger partial charge >= 0.3 is 0 Å². The fraction of sp³-hybridized carbons (Fsp3) is 0.240. The number of para-hydroxylation sites is 1. The molecule has 0 spiro atoms. The van der Waals surface area contributed by atoms with Crippen molar-refractivity contribution in [3.8, 4) is 17.2 Å². The molecule has 0 atom stereocenters. The molecule has 1 fully saturated rings. The maximum absolute atomic E-state index is 12.5. The first-order valence-electron chi connectivity index (χ1n) is 10.3. The van der Waals surface area contributed by atoms with E-state index in [1.54, 1.807) is 0 Å². The van der Waals surface area contributed by atoms with Crippen molar-refractivity contribution in [2.24, 2.45) is 0 Å². The maximum Gasteiger partial charge on any atom is 0.260 e. The Balaban J connectivity index is 1.20. The lowest BCUT2D eigenvalue weighted by molar-refractivity contribution is -0.135. The number of hydrogen-bond acceptors (Lipinski definition) is 4. The van der Waals surface area contributed by atoms with Gasteiger partial charge in [-0.1, -0.05) is 48.5 Å². The summed E-state index contributed by atoms with van der Waals surface area (Å²) in [5.74, 6) is 2.20. The lowest BCUT2D eigenvalue weighted by atomic mass is 10.2. The summed E-state index contributed by atoms with van der Waals surface area (Å²) in [5, 5.41) is 0. The summed E-state index contributed by atoms with van der Waals surface area (Å²) in [6, 6.07) is 27.4. The molecule has 0 bridgehead atoms. The molecular formula is C25H26N2O3. The fourth-order valence-corrected chi connectivity index (χ4v) is 3.46. The van der Waals surface area contributed by atoms with Crippen LogP contribution in [0.4, 0.5) is 0 Å². The van der Waals surface area contributed by atoms with E-state index in [1.165, 1.54) is 5.56 Å². The summed E-state index contributed by atoms with van der Waals surface area (Å²) in [6.07, 6.45) is 0. The van der Waals surface area contributed by atoms with Crippen LogP contribution in [0.2, 0.25) is 0 Å². The van der Waals surface area contributed by atoms with Crippen molar-refractivity contribution < 1.29 is 14.3 Å². The van der Waals surface area contributed by atoms with Gasteiger partial charge in [0.15, 0.2) is 6.61 Å². The van der Waals surface area contributed by atoms with Crippen molar-refractivity contribution in [1.82, 2.24) is 9.80 Å². The van der Waals surface area contributed by atoms with E-state index in [-0.39, 0.29) is 12.5 Å². The average molecular weight is 402 g/mol. The number of ether oxygens (including phenoxy) is 2. The smallest absolute Gasteiger partial charge is 0.260 e. The Bertz CT molecular complexity index is 922. The minimum atomic E-state index is 0.0268. The number of nitrogens with zero attached hydrogens (tertiary/aromatic N) is 2.